The average Bonchev–Trinajstić information content (AvgIpc) is 3.10. The van der Waals surface area contributed by atoms with Gasteiger partial charge >= 0.3 is 0 Å². The fourth-order valence-electron chi connectivity index (χ4n) is 3.78. The standard InChI is InChI=1S/C23H22N2O2/c1-16(20-13-7-9-17-8-5-6-12-21(17)20)24-23(27)18-14-22(26)25(15-18)19-10-3-2-4-11-19/h2-13,16,18H,14-15H2,1H3,(H,24,27)/t16-,18?/m1/s1. The van der Waals surface area contributed by atoms with E-state index in [0.717, 1.165) is 22.0 Å². The quantitative estimate of drug-likeness (QED) is 0.764. The van der Waals surface area contributed by atoms with Crippen LogP contribution in [-0.4, -0.2) is 18.4 Å². The van der Waals surface area contributed by atoms with Crippen LogP contribution in [0.5, 0.6) is 0 Å². The number of nitrogens with zero attached hydrogens (tertiary/aromatic N) is 1. The molecule has 0 radical (unpaired) electrons. The first-order valence-corrected chi connectivity index (χ1v) is 9.27. The average molecular weight is 358 g/mol. The van der Waals surface area contributed by atoms with Gasteiger partial charge in [-0.05, 0) is 35.4 Å². The minimum atomic E-state index is -0.324. The minimum absolute atomic E-state index is 0.000774. The maximum absolute atomic E-state index is 12.8. The molecule has 1 saturated heterocycles. The van der Waals surface area contributed by atoms with E-state index in [0.29, 0.717) is 6.54 Å². The molecule has 2 amide bonds. The molecule has 2 atom stereocenters. The van der Waals surface area contributed by atoms with E-state index < -0.39 is 0 Å². The smallest absolute Gasteiger partial charge is 0.227 e. The number of carbonyl (C=O) groups excluding carboxylic acids is 2. The molecule has 1 fully saturated rings. The van der Waals surface area contributed by atoms with Crippen molar-refractivity contribution in [1.82, 2.24) is 5.32 Å². The predicted molar refractivity (Wildman–Crippen MR) is 107 cm³/mol. The molecule has 27 heavy (non-hydrogen) atoms. The van der Waals surface area contributed by atoms with Gasteiger partial charge in [-0.1, -0.05) is 60.7 Å². The monoisotopic (exact) mass is 358 g/mol. The van der Waals surface area contributed by atoms with Crippen molar-refractivity contribution in [2.45, 2.75) is 19.4 Å². The molecule has 1 N–H and O–H groups in total. The second-order valence-corrected chi connectivity index (χ2v) is 7.04. The number of nitrogens with one attached hydrogen (secondary N) is 1. The molecule has 3 aromatic rings. The molecule has 0 spiro atoms. The zero-order chi connectivity index (χ0) is 18.8. The third-order valence-electron chi connectivity index (χ3n) is 5.21. The molecule has 0 bridgehead atoms. The summed E-state index contributed by atoms with van der Waals surface area (Å²) in [5, 5.41) is 5.40. The second kappa shape index (κ2) is 7.23. The molecule has 1 aliphatic heterocycles. The zero-order valence-electron chi connectivity index (χ0n) is 15.3. The lowest BCUT2D eigenvalue weighted by Crippen LogP contribution is -2.34. The molecule has 0 aliphatic carbocycles. The van der Waals surface area contributed by atoms with Crippen molar-refractivity contribution < 1.29 is 9.59 Å². The first-order valence-electron chi connectivity index (χ1n) is 9.27. The summed E-state index contributed by atoms with van der Waals surface area (Å²) in [5.74, 6) is -0.392. The minimum Gasteiger partial charge on any atom is -0.349 e. The predicted octanol–water partition coefficient (Wildman–Crippen LogP) is 4.07. The molecule has 1 unspecified atom stereocenters. The number of hydrogen-bond acceptors (Lipinski definition) is 2. The van der Waals surface area contributed by atoms with E-state index in [2.05, 4.69) is 23.5 Å². The van der Waals surface area contributed by atoms with Crippen LogP contribution in [-0.2, 0) is 9.59 Å². The number of para-hydroxylation sites is 1. The summed E-state index contributed by atoms with van der Waals surface area (Å²) in [6, 6.07) is 23.7. The van der Waals surface area contributed by atoms with Crippen LogP contribution in [0, 0.1) is 5.92 Å². The van der Waals surface area contributed by atoms with Gasteiger partial charge in [0.25, 0.3) is 0 Å². The van der Waals surface area contributed by atoms with Gasteiger partial charge in [0.2, 0.25) is 11.8 Å². The Hall–Kier alpha value is -3.14. The van der Waals surface area contributed by atoms with Gasteiger partial charge in [-0.3, -0.25) is 9.59 Å². The van der Waals surface area contributed by atoms with Crippen molar-refractivity contribution in [3.63, 3.8) is 0 Å². The summed E-state index contributed by atoms with van der Waals surface area (Å²) >= 11 is 0. The van der Waals surface area contributed by atoms with E-state index in [1.165, 1.54) is 0 Å². The third-order valence-corrected chi connectivity index (χ3v) is 5.21. The molecular weight excluding hydrogens is 336 g/mol. The van der Waals surface area contributed by atoms with Gasteiger partial charge in [-0.15, -0.1) is 0 Å². The van der Waals surface area contributed by atoms with Crippen molar-refractivity contribution >= 4 is 28.3 Å². The number of carbonyl (C=O) groups is 2. The highest BCUT2D eigenvalue weighted by molar-refractivity contribution is 6.00. The van der Waals surface area contributed by atoms with E-state index in [1.54, 1.807) is 4.90 Å². The Kier molecular flexibility index (Phi) is 4.63. The van der Waals surface area contributed by atoms with Crippen molar-refractivity contribution in [2.24, 2.45) is 5.92 Å². The van der Waals surface area contributed by atoms with E-state index in [1.807, 2.05) is 61.5 Å². The van der Waals surface area contributed by atoms with E-state index in [4.69, 9.17) is 0 Å². The van der Waals surface area contributed by atoms with E-state index >= 15 is 0 Å². The van der Waals surface area contributed by atoms with Gasteiger partial charge in [0, 0.05) is 18.7 Å². The molecule has 1 heterocycles. The molecule has 4 rings (SSSR count). The van der Waals surface area contributed by atoms with E-state index in [-0.39, 0.29) is 30.2 Å². The first kappa shape index (κ1) is 17.3. The molecule has 0 saturated carbocycles. The Bertz CT molecular complexity index is 979. The van der Waals surface area contributed by atoms with Gasteiger partial charge < -0.3 is 10.2 Å². The largest absolute Gasteiger partial charge is 0.349 e. The first-order chi connectivity index (χ1) is 13.1. The van der Waals surface area contributed by atoms with Crippen LogP contribution in [0.2, 0.25) is 0 Å². The second-order valence-electron chi connectivity index (χ2n) is 7.04. The fourth-order valence-corrected chi connectivity index (χ4v) is 3.78. The number of benzene rings is 3. The Morgan fingerprint density at radius 3 is 2.52 bits per heavy atom. The number of hydrogen-bond donors (Lipinski definition) is 1. The molecule has 0 aromatic heterocycles. The highest BCUT2D eigenvalue weighted by Gasteiger charge is 2.35. The van der Waals surface area contributed by atoms with E-state index in [9.17, 15) is 9.59 Å². The zero-order valence-corrected chi connectivity index (χ0v) is 15.3. The topological polar surface area (TPSA) is 49.4 Å². The summed E-state index contributed by atoms with van der Waals surface area (Å²) in [7, 11) is 0. The normalized spacial score (nSPS) is 17.9. The Balaban J connectivity index is 1.48. The van der Waals surface area contributed by atoms with Crippen molar-refractivity contribution in [3.05, 3.63) is 78.4 Å². The van der Waals surface area contributed by atoms with Crippen LogP contribution in [0.25, 0.3) is 10.8 Å². The summed E-state index contributed by atoms with van der Waals surface area (Å²) in [5.41, 5.74) is 1.94. The Morgan fingerprint density at radius 2 is 1.70 bits per heavy atom. The summed E-state index contributed by atoms with van der Waals surface area (Å²) in [6.07, 6.45) is 0.253. The van der Waals surface area contributed by atoms with Gasteiger partial charge in [0.15, 0.2) is 0 Å². The number of anilines is 1. The van der Waals surface area contributed by atoms with Crippen LogP contribution in [0.4, 0.5) is 5.69 Å². The van der Waals surface area contributed by atoms with Gasteiger partial charge in [-0.25, -0.2) is 0 Å². The summed E-state index contributed by atoms with van der Waals surface area (Å²) in [4.78, 5) is 26.9. The number of fused-ring (bicyclic) bond motifs is 1. The molecule has 3 aromatic carbocycles. The number of rotatable bonds is 4. The molecule has 136 valence electrons. The molecule has 1 aliphatic rings. The van der Waals surface area contributed by atoms with Crippen molar-refractivity contribution in [1.29, 1.82) is 0 Å². The maximum atomic E-state index is 12.8. The lowest BCUT2D eigenvalue weighted by atomic mass is 9.99. The van der Waals surface area contributed by atoms with Crippen LogP contribution in [0.1, 0.15) is 24.9 Å². The van der Waals surface area contributed by atoms with Crippen LogP contribution < -0.4 is 10.2 Å². The van der Waals surface area contributed by atoms with Crippen molar-refractivity contribution in [2.75, 3.05) is 11.4 Å². The lowest BCUT2D eigenvalue weighted by Gasteiger charge is -2.20. The van der Waals surface area contributed by atoms with Gasteiger partial charge in [0.1, 0.15) is 0 Å². The van der Waals surface area contributed by atoms with Crippen LogP contribution in [0.3, 0.4) is 0 Å². The third kappa shape index (κ3) is 3.43. The summed E-state index contributed by atoms with van der Waals surface area (Å²) in [6.45, 7) is 2.42. The van der Waals surface area contributed by atoms with Crippen LogP contribution in [0.15, 0.2) is 72.8 Å². The van der Waals surface area contributed by atoms with Gasteiger partial charge in [0.05, 0.1) is 12.0 Å². The highest BCUT2D eigenvalue weighted by atomic mass is 16.2. The SMILES string of the molecule is C[C@@H](NC(=O)C1CC(=O)N(c2ccccc2)C1)c1cccc2ccccc12. The number of amides is 2. The lowest BCUT2D eigenvalue weighted by molar-refractivity contribution is -0.126. The molecule has 4 nitrogen and oxygen atoms in total. The Labute approximate surface area is 158 Å². The highest BCUT2D eigenvalue weighted by Crippen LogP contribution is 2.27. The fraction of sp³-hybridized carbons (Fsp3) is 0.217. The van der Waals surface area contributed by atoms with Crippen LogP contribution >= 0.6 is 0 Å². The van der Waals surface area contributed by atoms with Gasteiger partial charge in [-0.2, -0.15) is 0 Å². The maximum Gasteiger partial charge on any atom is 0.227 e. The molecular formula is C23H22N2O2. The Morgan fingerprint density at radius 1 is 1.00 bits per heavy atom. The molecule has 4 heteroatoms. The van der Waals surface area contributed by atoms with Crippen molar-refractivity contribution in [3.8, 4) is 0 Å². The summed E-state index contributed by atoms with van der Waals surface area (Å²) < 4.78 is 0.